The minimum atomic E-state index is -0.592. The highest BCUT2D eigenvalue weighted by Crippen LogP contribution is 2.30. The van der Waals surface area contributed by atoms with E-state index in [4.69, 9.17) is 16.3 Å². The summed E-state index contributed by atoms with van der Waals surface area (Å²) in [6, 6.07) is 14.6. The summed E-state index contributed by atoms with van der Waals surface area (Å²) in [5.74, 6) is -0.316. The van der Waals surface area contributed by atoms with Crippen molar-refractivity contribution >= 4 is 55.1 Å². The molecule has 4 rings (SSSR count). The molecular weight excluding hydrogens is 464 g/mol. The van der Waals surface area contributed by atoms with E-state index in [9.17, 15) is 9.59 Å². The van der Waals surface area contributed by atoms with Crippen LogP contribution in [0.2, 0.25) is 5.02 Å². The number of hydrogen-bond donors (Lipinski definition) is 1. The fourth-order valence-corrected chi connectivity index (χ4v) is 4.28. The van der Waals surface area contributed by atoms with Crippen LogP contribution in [0, 0.1) is 0 Å². The van der Waals surface area contributed by atoms with E-state index in [0.29, 0.717) is 14.7 Å². The molecule has 0 amide bonds. The third-order valence-corrected chi connectivity index (χ3v) is 5.76. The molecular formula is C20H12BrClN2O3S. The Labute approximate surface area is 177 Å². The molecule has 28 heavy (non-hydrogen) atoms. The lowest BCUT2D eigenvalue weighted by Gasteiger charge is -2.07. The lowest BCUT2D eigenvalue weighted by molar-refractivity contribution is 0.0462. The Morgan fingerprint density at radius 1 is 1.21 bits per heavy atom. The Kier molecular flexibility index (Phi) is 5.30. The number of fused-ring (bicyclic) bond motifs is 1. The normalized spacial score (nSPS) is 10.9. The Morgan fingerprint density at radius 2 is 2.00 bits per heavy atom. The molecule has 4 aromatic rings. The van der Waals surface area contributed by atoms with E-state index in [-0.39, 0.29) is 28.6 Å². The zero-order valence-electron chi connectivity index (χ0n) is 14.2. The number of rotatable bonds is 4. The van der Waals surface area contributed by atoms with Gasteiger partial charge in [-0.3, -0.25) is 4.79 Å². The standard InChI is InChI=1S/C20H12BrClN2O3S/c21-12-6-7-15(22)13(8-12)20(26)27-9-16-23-18(25)17-14(10-28-19(17)24-16)11-4-2-1-3-5-11/h1-8,10H,9H2,(H,23,24,25). The summed E-state index contributed by atoms with van der Waals surface area (Å²) < 4.78 is 5.98. The number of halogens is 2. The topological polar surface area (TPSA) is 72.0 Å². The highest BCUT2D eigenvalue weighted by molar-refractivity contribution is 9.10. The van der Waals surface area contributed by atoms with Crippen LogP contribution in [0.4, 0.5) is 0 Å². The fraction of sp³-hybridized carbons (Fsp3) is 0.0500. The quantitative estimate of drug-likeness (QED) is 0.400. The van der Waals surface area contributed by atoms with Crippen molar-refractivity contribution in [1.29, 1.82) is 0 Å². The number of carbonyl (C=O) groups is 1. The fourth-order valence-electron chi connectivity index (χ4n) is 2.76. The molecule has 140 valence electrons. The average Bonchev–Trinajstić information content (AvgIpc) is 3.13. The predicted molar refractivity (Wildman–Crippen MR) is 114 cm³/mol. The first-order chi connectivity index (χ1) is 13.5. The molecule has 0 bridgehead atoms. The highest BCUT2D eigenvalue weighted by Gasteiger charge is 2.16. The predicted octanol–water partition coefficient (Wildman–Crippen LogP) is 5.42. The third kappa shape index (κ3) is 3.73. The monoisotopic (exact) mass is 474 g/mol. The zero-order valence-corrected chi connectivity index (χ0v) is 17.4. The van der Waals surface area contributed by atoms with Gasteiger partial charge in [-0.2, -0.15) is 0 Å². The van der Waals surface area contributed by atoms with Gasteiger partial charge < -0.3 is 9.72 Å². The molecule has 0 atom stereocenters. The summed E-state index contributed by atoms with van der Waals surface area (Å²) in [6.07, 6.45) is 0. The molecule has 0 aliphatic heterocycles. The van der Waals surface area contributed by atoms with Crippen LogP contribution in [0.1, 0.15) is 16.2 Å². The number of H-pyrrole nitrogens is 1. The van der Waals surface area contributed by atoms with E-state index in [2.05, 4.69) is 25.9 Å². The number of aromatic amines is 1. The van der Waals surface area contributed by atoms with Gasteiger partial charge in [0.05, 0.1) is 16.0 Å². The highest BCUT2D eigenvalue weighted by atomic mass is 79.9. The summed E-state index contributed by atoms with van der Waals surface area (Å²) in [7, 11) is 0. The zero-order chi connectivity index (χ0) is 19.7. The van der Waals surface area contributed by atoms with Gasteiger partial charge in [0.25, 0.3) is 5.56 Å². The average molecular weight is 476 g/mol. The van der Waals surface area contributed by atoms with Gasteiger partial charge in [-0.25, -0.2) is 9.78 Å². The Bertz CT molecular complexity index is 1240. The van der Waals surface area contributed by atoms with Crippen molar-refractivity contribution in [3.05, 3.63) is 85.1 Å². The third-order valence-electron chi connectivity index (χ3n) is 4.07. The number of benzene rings is 2. The van der Waals surface area contributed by atoms with E-state index in [1.165, 1.54) is 11.3 Å². The lowest BCUT2D eigenvalue weighted by atomic mass is 10.1. The number of nitrogens with zero attached hydrogens (tertiary/aromatic N) is 1. The maximum absolute atomic E-state index is 12.6. The van der Waals surface area contributed by atoms with Crippen molar-refractivity contribution < 1.29 is 9.53 Å². The van der Waals surface area contributed by atoms with Gasteiger partial charge in [-0.15, -0.1) is 11.3 Å². The number of hydrogen-bond acceptors (Lipinski definition) is 5. The van der Waals surface area contributed by atoms with Crippen molar-refractivity contribution in [2.24, 2.45) is 0 Å². The van der Waals surface area contributed by atoms with Gasteiger partial charge in [0.15, 0.2) is 0 Å². The number of aromatic nitrogens is 2. The Balaban J connectivity index is 1.60. The second-order valence-corrected chi connectivity index (χ2v) is 8.09. The SMILES string of the molecule is O=C(OCc1nc2scc(-c3ccccc3)c2c(=O)[nH]1)c1cc(Br)ccc1Cl. The summed E-state index contributed by atoms with van der Waals surface area (Å²) in [4.78, 5) is 32.6. The Morgan fingerprint density at radius 3 is 2.79 bits per heavy atom. The summed E-state index contributed by atoms with van der Waals surface area (Å²) in [6.45, 7) is -0.161. The van der Waals surface area contributed by atoms with Gasteiger partial charge in [-0.1, -0.05) is 57.9 Å². The largest absolute Gasteiger partial charge is 0.454 e. The van der Waals surface area contributed by atoms with Crippen molar-refractivity contribution in [3.8, 4) is 11.1 Å². The van der Waals surface area contributed by atoms with Crippen LogP contribution < -0.4 is 5.56 Å². The van der Waals surface area contributed by atoms with E-state index in [1.54, 1.807) is 18.2 Å². The van der Waals surface area contributed by atoms with E-state index in [0.717, 1.165) is 11.1 Å². The molecule has 5 nitrogen and oxygen atoms in total. The maximum Gasteiger partial charge on any atom is 0.340 e. The Hall–Kier alpha value is -2.48. The molecule has 2 aromatic heterocycles. The van der Waals surface area contributed by atoms with Crippen molar-refractivity contribution in [3.63, 3.8) is 0 Å². The molecule has 0 saturated carbocycles. The summed E-state index contributed by atoms with van der Waals surface area (Å²) >= 11 is 10.7. The smallest absolute Gasteiger partial charge is 0.340 e. The number of thiophene rings is 1. The molecule has 2 heterocycles. The van der Waals surface area contributed by atoms with E-state index in [1.807, 2.05) is 35.7 Å². The van der Waals surface area contributed by atoms with Crippen LogP contribution in [-0.2, 0) is 11.3 Å². The number of ether oxygens (including phenoxy) is 1. The molecule has 0 unspecified atom stereocenters. The van der Waals surface area contributed by atoms with Crippen LogP contribution in [0.15, 0.2) is 63.2 Å². The molecule has 8 heteroatoms. The van der Waals surface area contributed by atoms with Gasteiger partial charge in [0, 0.05) is 15.4 Å². The van der Waals surface area contributed by atoms with Crippen molar-refractivity contribution in [1.82, 2.24) is 9.97 Å². The number of esters is 1. The number of nitrogens with one attached hydrogen (secondary N) is 1. The molecule has 1 N–H and O–H groups in total. The number of carbonyl (C=O) groups excluding carboxylic acids is 1. The maximum atomic E-state index is 12.6. The molecule has 0 fully saturated rings. The van der Waals surface area contributed by atoms with Crippen LogP contribution in [0.25, 0.3) is 21.3 Å². The molecule has 0 aliphatic carbocycles. The van der Waals surface area contributed by atoms with Crippen LogP contribution >= 0.6 is 38.9 Å². The molecule has 0 saturated heterocycles. The summed E-state index contributed by atoms with van der Waals surface area (Å²) in [5.41, 5.74) is 1.75. The molecule has 0 aliphatic rings. The lowest BCUT2D eigenvalue weighted by Crippen LogP contribution is -2.14. The van der Waals surface area contributed by atoms with Gasteiger partial charge in [0.2, 0.25) is 0 Å². The molecule has 2 aromatic carbocycles. The summed E-state index contributed by atoms with van der Waals surface area (Å²) in [5, 5.41) is 2.72. The molecule has 0 radical (unpaired) electrons. The van der Waals surface area contributed by atoms with E-state index < -0.39 is 5.97 Å². The van der Waals surface area contributed by atoms with Crippen LogP contribution in [0.5, 0.6) is 0 Å². The van der Waals surface area contributed by atoms with Gasteiger partial charge in [-0.05, 0) is 23.8 Å². The van der Waals surface area contributed by atoms with Crippen molar-refractivity contribution in [2.45, 2.75) is 6.61 Å². The van der Waals surface area contributed by atoms with Crippen molar-refractivity contribution in [2.75, 3.05) is 0 Å². The van der Waals surface area contributed by atoms with Gasteiger partial charge >= 0.3 is 5.97 Å². The first-order valence-electron chi connectivity index (χ1n) is 8.21. The first-order valence-corrected chi connectivity index (χ1v) is 10.3. The second-order valence-electron chi connectivity index (χ2n) is 5.91. The first kappa shape index (κ1) is 18.9. The molecule has 0 spiro atoms. The second kappa shape index (κ2) is 7.87. The minimum absolute atomic E-state index is 0.161. The minimum Gasteiger partial charge on any atom is -0.454 e. The van der Waals surface area contributed by atoms with Gasteiger partial charge in [0.1, 0.15) is 17.3 Å². The van der Waals surface area contributed by atoms with Crippen LogP contribution in [-0.4, -0.2) is 15.9 Å². The van der Waals surface area contributed by atoms with Crippen LogP contribution in [0.3, 0.4) is 0 Å². The van der Waals surface area contributed by atoms with E-state index >= 15 is 0 Å².